The van der Waals surface area contributed by atoms with E-state index in [0.717, 1.165) is 43.1 Å². The number of carbonyl (C=O) groups excluding carboxylic acids is 1. The van der Waals surface area contributed by atoms with Crippen LogP contribution in [0, 0.1) is 34.5 Å². The number of nitrogens with zero attached hydrogens (tertiary/aromatic N) is 2. The molecule has 0 aromatic rings. The van der Waals surface area contributed by atoms with E-state index in [1.54, 1.807) is 5.57 Å². The summed E-state index contributed by atoms with van der Waals surface area (Å²) in [6, 6.07) is 0.943. The van der Waals surface area contributed by atoms with Crippen LogP contribution in [-0.2, 0) is 14.2 Å². The van der Waals surface area contributed by atoms with Crippen LogP contribution >= 0.6 is 0 Å². The van der Waals surface area contributed by atoms with E-state index in [-0.39, 0.29) is 30.4 Å². The lowest BCUT2D eigenvalue weighted by atomic mass is 9.56. The first-order chi connectivity index (χ1) is 17.9. The van der Waals surface area contributed by atoms with Crippen LogP contribution < -0.4 is 0 Å². The van der Waals surface area contributed by atoms with E-state index in [1.165, 1.54) is 51.5 Å². The second-order valence-electron chi connectivity index (χ2n) is 13.7. The molecule has 4 aliphatic carbocycles. The highest BCUT2D eigenvalue weighted by Gasteiger charge is 2.59. The normalized spacial score (nSPS) is 49.5. The fourth-order valence-electron chi connectivity index (χ4n) is 10.2. The highest BCUT2D eigenvalue weighted by Crippen LogP contribution is 2.64. The molecule has 7 rings (SSSR count). The van der Waals surface area contributed by atoms with Crippen molar-refractivity contribution >= 4 is 6.09 Å². The Balaban J connectivity index is 1.06. The van der Waals surface area contributed by atoms with Gasteiger partial charge in [0.25, 0.3) is 0 Å². The van der Waals surface area contributed by atoms with Gasteiger partial charge in [0.2, 0.25) is 0 Å². The van der Waals surface area contributed by atoms with Gasteiger partial charge in [0, 0.05) is 25.7 Å². The Morgan fingerprint density at radius 2 is 1.97 bits per heavy atom. The maximum atomic E-state index is 13.2. The summed E-state index contributed by atoms with van der Waals surface area (Å²) in [5.74, 6) is 2.72. The van der Waals surface area contributed by atoms with Crippen LogP contribution in [0.4, 0.5) is 4.79 Å². The molecule has 3 saturated heterocycles. The average molecular weight is 511 g/mol. The van der Waals surface area contributed by atoms with E-state index >= 15 is 0 Å². The van der Waals surface area contributed by atoms with Crippen LogP contribution in [0.25, 0.3) is 0 Å². The van der Waals surface area contributed by atoms with Crippen molar-refractivity contribution in [3.05, 3.63) is 23.8 Å². The fourth-order valence-corrected chi connectivity index (χ4v) is 10.2. The summed E-state index contributed by atoms with van der Waals surface area (Å²) in [6.07, 6.45) is 19.2. The number of carbonyl (C=O) groups is 1. The first-order valence-corrected chi connectivity index (χ1v) is 15.1. The summed E-state index contributed by atoms with van der Waals surface area (Å²) < 4.78 is 17.3. The van der Waals surface area contributed by atoms with Gasteiger partial charge in [-0.05, 0) is 107 Å². The summed E-state index contributed by atoms with van der Waals surface area (Å²) in [7, 11) is 4.30. The number of hydrogen-bond donors (Lipinski definition) is 0. The lowest BCUT2D eigenvalue weighted by Gasteiger charge is -2.50. The number of allylic oxidation sites excluding steroid dienone is 3. The monoisotopic (exact) mass is 510 g/mol. The standard InChI is InChI=1S/C31H46N2O4/c1-20-25-8-9-26-21-6-7-22-16-23(33(3)29(34)37-27-18-36-28-24(27)11-15-35-28)10-14-30(22,17-21)12-4-5-13-31(25,26)19-32(20)2/h4-5,7,20-21,23-28H,6,8-19H2,1-3H3/b5-4+/t20-,21+,23-,24?,25+,26-,27?,28?,30+,31?/m0/s1. The minimum atomic E-state index is -0.191. The molecule has 4 unspecified atom stereocenters. The van der Waals surface area contributed by atoms with Crippen molar-refractivity contribution in [2.24, 2.45) is 34.5 Å². The van der Waals surface area contributed by atoms with Crippen molar-refractivity contribution in [3.8, 4) is 0 Å². The number of hydrogen-bond acceptors (Lipinski definition) is 5. The van der Waals surface area contributed by atoms with Gasteiger partial charge < -0.3 is 24.0 Å². The van der Waals surface area contributed by atoms with E-state index in [4.69, 9.17) is 14.2 Å². The molecule has 2 saturated carbocycles. The van der Waals surface area contributed by atoms with Gasteiger partial charge in [-0.3, -0.25) is 0 Å². The first-order valence-electron chi connectivity index (χ1n) is 15.1. The zero-order valence-corrected chi connectivity index (χ0v) is 23.1. The second kappa shape index (κ2) is 9.09. The zero-order chi connectivity index (χ0) is 25.4. The van der Waals surface area contributed by atoms with Crippen LogP contribution in [0.3, 0.4) is 0 Å². The summed E-state index contributed by atoms with van der Waals surface area (Å²) in [4.78, 5) is 17.7. The third kappa shape index (κ3) is 3.79. The van der Waals surface area contributed by atoms with Crippen molar-refractivity contribution in [2.45, 2.75) is 95.6 Å². The Kier molecular flexibility index (Phi) is 6.06. The number of likely N-dealkylation sites (tertiary alicyclic amines) is 1. The number of fused-ring (bicyclic) bond motifs is 3. The second-order valence-corrected chi connectivity index (χ2v) is 13.7. The molecular formula is C31H46N2O4. The van der Waals surface area contributed by atoms with Crippen LogP contribution in [-0.4, -0.2) is 74.2 Å². The summed E-state index contributed by atoms with van der Waals surface area (Å²) >= 11 is 0. The summed E-state index contributed by atoms with van der Waals surface area (Å²) in [5.41, 5.74) is 2.41. The largest absolute Gasteiger partial charge is 0.443 e. The molecular weight excluding hydrogens is 464 g/mol. The molecule has 6 heteroatoms. The zero-order valence-electron chi connectivity index (χ0n) is 23.1. The van der Waals surface area contributed by atoms with E-state index in [1.807, 2.05) is 11.9 Å². The molecule has 6 nitrogen and oxygen atoms in total. The molecule has 2 spiro atoms. The van der Waals surface area contributed by atoms with Gasteiger partial charge >= 0.3 is 6.09 Å². The van der Waals surface area contributed by atoms with Crippen molar-refractivity contribution in [3.63, 3.8) is 0 Å². The highest BCUT2D eigenvalue weighted by molar-refractivity contribution is 5.68. The maximum Gasteiger partial charge on any atom is 0.410 e. The van der Waals surface area contributed by atoms with Crippen molar-refractivity contribution < 1.29 is 19.0 Å². The highest BCUT2D eigenvalue weighted by atomic mass is 16.7. The van der Waals surface area contributed by atoms with Crippen molar-refractivity contribution in [1.82, 2.24) is 9.80 Å². The Hall–Kier alpha value is -1.37. The number of amides is 1. The SMILES string of the molecule is C[C@H]1[C@H]2CC[C@H]3[C@@H]4CC=C5C[C@@H](N(C)C(=O)OC6COC7OCCC67)CC[C@]5(C/C=C/CC23CN1C)C4. The first kappa shape index (κ1) is 24.7. The lowest BCUT2D eigenvalue weighted by Crippen LogP contribution is -2.47. The van der Waals surface area contributed by atoms with Crippen molar-refractivity contribution in [1.29, 1.82) is 0 Å². The van der Waals surface area contributed by atoms with Crippen molar-refractivity contribution in [2.75, 3.05) is 33.9 Å². The summed E-state index contributed by atoms with van der Waals surface area (Å²) in [5, 5.41) is 0. The fraction of sp³-hybridized carbons (Fsp3) is 0.839. The molecule has 10 atom stereocenters. The molecule has 0 N–H and O–H groups in total. The van der Waals surface area contributed by atoms with E-state index in [9.17, 15) is 4.79 Å². The number of ether oxygens (including phenoxy) is 3. The Bertz CT molecular complexity index is 980. The van der Waals surface area contributed by atoms with E-state index in [2.05, 4.69) is 37.1 Å². The Morgan fingerprint density at radius 1 is 1.14 bits per heavy atom. The minimum absolute atomic E-state index is 0.175. The molecule has 2 bridgehead atoms. The smallest absolute Gasteiger partial charge is 0.410 e. The van der Waals surface area contributed by atoms with Gasteiger partial charge in [0.05, 0.1) is 19.1 Å². The molecule has 0 radical (unpaired) electrons. The Labute approximate surface area is 222 Å². The molecule has 0 aromatic carbocycles. The van der Waals surface area contributed by atoms with Gasteiger partial charge in [-0.15, -0.1) is 0 Å². The predicted octanol–water partition coefficient (Wildman–Crippen LogP) is 5.39. The molecule has 5 fully saturated rings. The predicted molar refractivity (Wildman–Crippen MR) is 142 cm³/mol. The Morgan fingerprint density at radius 3 is 2.86 bits per heavy atom. The minimum Gasteiger partial charge on any atom is -0.443 e. The molecule has 204 valence electrons. The molecule has 3 aliphatic heterocycles. The lowest BCUT2D eigenvalue weighted by molar-refractivity contribution is -0.0907. The van der Waals surface area contributed by atoms with Gasteiger partial charge in [-0.1, -0.05) is 23.8 Å². The van der Waals surface area contributed by atoms with Crippen LogP contribution in [0.2, 0.25) is 0 Å². The van der Waals surface area contributed by atoms with Gasteiger partial charge in [-0.25, -0.2) is 4.79 Å². The average Bonchev–Trinajstić information content (AvgIpc) is 3.65. The van der Waals surface area contributed by atoms with Crippen LogP contribution in [0.15, 0.2) is 23.8 Å². The van der Waals surface area contributed by atoms with E-state index in [0.29, 0.717) is 24.0 Å². The van der Waals surface area contributed by atoms with Gasteiger partial charge in [0.1, 0.15) is 6.10 Å². The molecule has 7 aliphatic rings. The van der Waals surface area contributed by atoms with Crippen LogP contribution in [0.1, 0.15) is 71.1 Å². The van der Waals surface area contributed by atoms with Gasteiger partial charge in [-0.2, -0.15) is 0 Å². The quantitative estimate of drug-likeness (QED) is 0.467. The van der Waals surface area contributed by atoms with Gasteiger partial charge in [0.15, 0.2) is 6.29 Å². The molecule has 37 heavy (non-hydrogen) atoms. The maximum absolute atomic E-state index is 13.2. The van der Waals surface area contributed by atoms with E-state index < -0.39 is 0 Å². The molecule has 0 aromatic heterocycles. The molecule has 1 amide bonds. The molecule has 3 heterocycles. The third-order valence-corrected chi connectivity index (χ3v) is 12.3. The number of rotatable bonds is 2. The topological polar surface area (TPSA) is 51.2 Å². The van der Waals surface area contributed by atoms with Crippen LogP contribution in [0.5, 0.6) is 0 Å². The third-order valence-electron chi connectivity index (χ3n) is 12.3. The summed E-state index contributed by atoms with van der Waals surface area (Å²) in [6.45, 7) is 4.91.